The van der Waals surface area contributed by atoms with Crippen molar-refractivity contribution in [1.82, 2.24) is 15.2 Å². The Morgan fingerprint density at radius 3 is 2.56 bits per heavy atom. The van der Waals surface area contributed by atoms with E-state index in [9.17, 15) is 4.79 Å². The highest BCUT2D eigenvalue weighted by Gasteiger charge is 2.19. The van der Waals surface area contributed by atoms with E-state index in [1.165, 1.54) is 0 Å². The maximum absolute atomic E-state index is 13.0. The summed E-state index contributed by atoms with van der Waals surface area (Å²) in [6.45, 7) is 3.80. The zero-order chi connectivity index (χ0) is 23.5. The number of ether oxygens (including phenoxy) is 2. The van der Waals surface area contributed by atoms with Gasteiger partial charge in [-0.25, -0.2) is 0 Å². The molecule has 4 aromatic rings. The lowest BCUT2D eigenvalue weighted by Crippen LogP contribution is -2.41. The van der Waals surface area contributed by atoms with Gasteiger partial charge >= 0.3 is 0 Å². The molecule has 34 heavy (non-hydrogen) atoms. The summed E-state index contributed by atoms with van der Waals surface area (Å²) in [5, 5.41) is 4.80. The number of aromatic nitrogens is 1. The molecule has 0 bridgehead atoms. The molecule has 3 heterocycles. The number of nitrogens with zero attached hydrogens (tertiary/aromatic N) is 1. The van der Waals surface area contributed by atoms with Gasteiger partial charge in [0.15, 0.2) is 16.6 Å². The normalized spacial score (nSPS) is 13.4. The van der Waals surface area contributed by atoms with Gasteiger partial charge in [-0.2, -0.15) is 0 Å². The first kappa shape index (κ1) is 22.0. The summed E-state index contributed by atoms with van der Waals surface area (Å²) in [5.41, 5.74) is 2.24. The quantitative estimate of drug-likeness (QED) is 0.397. The van der Waals surface area contributed by atoms with Crippen LogP contribution in [0.15, 0.2) is 76.1 Å². The van der Waals surface area contributed by atoms with E-state index in [1.54, 1.807) is 6.26 Å². The molecule has 1 aliphatic rings. The number of aromatic amines is 1. The molecule has 0 radical (unpaired) electrons. The number of fused-ring (bicyclic) bond motifs is 2. The second-order valence-electron chi connectivity index (χ2n) is 8.22. The molecular formula is C26H25N3O4S. The highest BCUT2D eigenvalue weighted by molar-refractivity contribution is 7.80. The van der Waals surface area contributed by atoms with Gasteiger partial charge in [-0.15, -0.1) is 0 Å². The molecule has 174 valence electrons. The Balaban J connectivity index is 1.42. The summed E-state index contributed by atoms with van der Waals surface area (Å²) in [7, 11) is 0. The molecule has 5 rings (SSSR count). The van der Waals surface area contributed by atoms with Crippen LogP contribution in [0.5, 0.6) is 11.5 Å². The van der Waals surface area contributed by atoms with Crippen molar-refractivity contribution in [3.8, 4) is 11.5 Å². The topological polar surface area (TPSA) is 79.7 Å². The zero-order valence-corrected chi connectivity index (χ0v) is 19.6. The van der Waals surface area contributed by atoms with Crippen LogP contribution in [-0.2, 0) is 13.1 Å². The van der Waals surface area contributed by atoms with Gasteiger partial charge in [-0.1, -0.05) is 30.3 Å². The second kappa shape index (κ2) is 9.61. The summed E-state index contributed by atoms with van der Waals surface area (Å²) >= 11 is 5.77. The highest BCUT2D eigenvalue weighted by Crippen LogP contribution is 2.33. The molecule has 2 aromatic heterocycles. The Kier molecular flexibility index (Phi) is 6.22. The predicted octanol–water partition coefficient (Wildman–Crippen LogP) is 4.53. The van der Waals surface area contributed by atoms with Crippen molar-refractivity contribution in [2.75, 3.05) is 13.2 Å². The van der Waals surface area contributed by atoms with E-state index in [-0.39, 0.29) is 11.6 Å². The fraction of sp³-hybridized carbons (Fsp3) is 0.231. The third kappa shape index (κ3) is 4.77. The first-order valence-corrected chi connectivity index (χ1v) is 11.6. The van der Waals surface area contributed by atoms with Crippen LogP contribution >= 0.6 is 12.2 Å². The number of hydrogen-bond acceptors (Lipinski definition) is 5. The first-order chi connectivity index (χ1) is 16.6. The van der Waals surface area contributed by atoms with E-state index in [4.69, 9.17) is 26.1 Å². The summed E-state index contributed by atoms with van der Waals surface area (Å²) in [6.07, 6.45) is 1.63. The molecule has 2 N–H and O–H groups in total. The molecule has 0 saturated carbocycles. The van der Waals surface area contributed by atoms with E-state index in [0.717, 1.165) is 16.7 Å². The lowest BCUT2D eigenvalue weighted by Gasteiger charge is -2.27. The van der Waals surface area contributed by atoms with Gasteiger partial charge in [-0.05, 0) is 49.0 Å². The lowest BCUT2D eigenvalue weighted by atomic mass is 10.1. The maximum atomic E-state index is 13.0. The van der Waals surface area contributed by atoms with Crippen LogP contribution in [0.1, 0.15) is 29.9 Å². The standard InChI is InChI=1S/C26H25N3O4S/c1-17(18-6-3-2-4-7-18)27-26(34)29(16-21-8-5-9-31-21)15-20-12-19-13-23-24(33-11-10-32-23)14-22(19)28-25(20)30/h2-9,12-14,17H,10-11,15-16H2,1H3,(H,27,34)(H,28,30)/t17-/m1/s1. The Morgan fingerprint density at radius 1 is 1.06 bits per heavy atom. The summed E-state index contributed by atoms with van der Waals surface area (Å²) in [6, 6.07) is 19.4. The van der Waals surface area contributed by atoms with Gasteiger partial charge in [0.1, 0.15) is 19.0 Å². The fourth-order valence-corrected chi connectivity index (χ4v) is 4.31. The number of H-pyrrole nitrogens is 1. The maximum Gasteiger partial charge on any atom is 0.253 e. The average molecular weight is 476 g/mol. The van der Waals surface area contributed by atoms with Crippen molar-refractivity contribution >= 4 is 28.2 Å². The molecule has 1 aliphatic heterocycles. The minimum atomic E-state index is -0.174. The highest BCUT2D eigenvalue weighted by atomic mass is 32.1. The van der Waals surface area contributed by atoms with Crippen LogP contribution in [0.3, 0.4) is 0 Å². The van der Waals surface area contributed by atoms with Crippen LogP contribution in [0.4, 0.5) is 0 Å². The molecule has 0 fully saturated rings. The largest absolute Gasteiger partial charge is 0.486 e. The van der Waals surface area contributed by atoms with Crippen LogP contribution in [0.25, 0.3) is 10.9 Å². The molecule has 1 atom stereocenters. The molecule has 2 aromatic carbocycles. The lowest BCUT2D eigenvalue weighted by molar-refractivity contribution is 0.172. The van der Waals surface area contributed by atoms with E-state index >= 15 is 0 Å². The SMILES string of the molecule is C[C@@H](NC(=S)N(Cc1ccco1)Cc1cc2cc3c(cc2[nH]c1=O)OCCO3)c1ccccc1. The number of rotatable bonds is 6. The van der Waals surface area contributed by atoms with E-state index in [1.807, 2.05) is 53.4 Å². The number of thiocarbonyl (C=S) groups is 1. The number of pyridine rings is 1. The van der Waals surface area contributed by atoms with Gasteiger partial charge in [0.25, 0.3) is 5.56 Å². The van der Waals surface area contributed by atoms with Crippen LogP contribution in [0, 0.1) is 0 Å². The van der Waals surface area contributed by atoms with Crippen molar-refractivity contribution < 1.29 is 13.9 Å². The first-order valence-electron chi connectivity index (χ1n) is 11.1. The molecule has 0 saturated heterocycles. The number of nitrogens with one attached hydrogen (secondary N) is 2. The molecule has 0 amide bonds. The van der Waals surface area contributed by atoms with Gasteiger partial charge < -0.3 is 29.1 Å². The van der Waals surface area contributed by atoms with Crippen molar-refractivity contribution in [2.24, 2.45) is 0 Å². The third-order valence-corrected chi connectivity index (χ3v) is 6.17. The molecule has 0 aliphatic carbocycles. The minimum Gasteiger partial charge on any atom is -0.486 e. The number of furan rings is 1. The monoisotopic (exact) mass is 475 g/mol. The van der Waals surface area contributed by atoms with Gasteiger partial charge in [-0.3, -0.25) is 4.79 Å². The molecule has 7 nitrogen and oxygen atoms in total. The summed E-state index contributed by atoms with van der Waals surface area (Å²) in [4.78, 5) is 17.9. The van der Waals surface area contributed by atoms with Crippen molar-refractivity contribution in [2.45, 2.75) is 26.1 Å². The van der Waals surface area contributed by atoms with Crippen LogP contribution < -0.4 is 20.3 Å². The predicted molar refractivity (Wildman–Crippen MR) is 134 cm³/mol. The minimum absolute atomic E-state index is 0.00589. The third-order valence-electron chi connectivity index (χ3n) is 5.80. The molecule has 8 heteroatoms. The number of benzene rings is 2. The summed E-state index contributed by atoms with van der Waals surface area (Å²) < 4.78 is 16.9. The van der Waals surface area contributed by atoms with E-state index in [2.05, 4.69) is 29.4 Å². The average Bonchev–Trinajstić information content (AvgIpc) is 3.36. The Bertz CT molecular complexity index is 1350. The van der Waals surface area contributed by atoms with Crippen molar-refractivity contribution in [3.05, 3.63) is 94.2 Å². The zero-order valence-electron chi connectivity index (χ0n) is 18.7. The Labute approximate surface area is 202 Å². The summed E-state index contributed by atoms with van der Waals surface area (Å²) in [5.74, 6) is 2.08. The molecule has 0 spiro atoms. The molecular weight excluding hydrogens is 450 g/mol. The van der Waals surface area contributed by atoms with Crippen molar-refractivity contribution in [1.29, 1.82) is 0 Å². The van der Waals surface area contributed by atoms with Crippen LogP contribution in [0.2, 0.25) is 0 Å². The fourth-order valence-electron chi connectivity index (χ4n) is 4.00. The Morgan fingerprint density at radius 2 is 1.82 bits per heavy atom. The number of hydrogen-bond donors (Lipinski definition) is 2. The van der Waals surface area contributed by atoms with E-state index < -0.39 is 0 Å². The van der Waals surface area contributed by atoms with Crippen LogP contribution in [-0.4, -0.2) is 28.2 Å². The molecule has 0 unspecified atom stereocenters. The van der Waals surface area contributed by atoms with Crippen molar-refractivity contribution in [3.63, 3.8) is 0 Å². The second-order valence-corrected chi connectivity index (χ2v) is 8.61. The Hall–Kier alpha value is -3.78. The van der Waals surface area contributed by atoms with E-state index in [0.29, 0.717) is 54.0 Å². The van der Waals surface area contributed by atoms with Gasteiger partial charge in [0.2, 0.25) is 0 Å². The van der Waals surface area contributed by atoms with Gasteiger partial charge in [0.05, 0.1) is 30.9 Å². The van der Waals surface area contributed by atoms with Gasteiger partial charge in [0, 0.05) is 17.0 Å². The smallest absolute Gasteiger partial charge is 0.253 e.